The van der Waals surface area contributed by atoms with Crippen LogP contribution in [-0.4, -0.2) is 26.0 Å². The highest BCUT2D eigenvalue weighted by atomic mass is 19.4. The van der Waals surface area contributed by atoms with Gasteiger partial charge in [-0.15, -0.1) is 26.3 Å². The van der Waals surface area contributed by atoms with Crippen molar-refractivity contribution in [2.75, 3.05) is 0 Å². The molecule has 0 atom stereocenters. The van der Waals surface area contributed by atoms with E-state index in [-0.39, 0.29) is 11.1 Å². The van der Waals surface area contributed by atoms with Crippen LogP contribution in [0, 0.1) is 0 Å². The molecule has 2 aromatic carbocycles. The Bertz CT molecular complexity index is 1070. The van der Waals surface area contributed by atoms with E-state index < -0.39 is 43.2 Å². The number of halogens is 8. The Morgan fingerprint density at radius 2 is 1.24 bits per heavy atom. The molecular formula is C21H13BF8O4. The van der Waals surface area contributed by atoms with Crippen molar-refractivity contribution in [3.8, 4) is 11.5 Å². The van der Waals surface area contributed by atoms with E-state index >= 15 is 0 Å². The lowest BCUT2D eigenvalue weighted by Gasteiger charge is -2.09. The van der Waals surface area contributed by atoms with Crippen LogP contribution in [0.25, 0.3) is 12.2 Å². The van der Waals surface area contributed by atoms with E-state index in [0.717, 1.165) is 48.6 Å². The molecule has 0 N–H and O–H groups in total. The topological polar surface area (TPSA) is 44.8 Å². The van der Waals surface area contributed by atoms with Gasteiger partial charge in [0.25, 0.3) is 0 Å². The zero-order valence-corrected chi connectivity index (χ0v) is 16.7. The Balaban J connectivity index is 2.16. The molecule has 4 nitrogen and oxygen atoms in total. The third-order valence-electron chi connectivity index (χ3n) is 3.57. The number of hydrogen-bond donors (Lipinski definition) is 0. The zero-order chi connectivity index (χ0) is 25.4. The number of carbonyl (C=O) groups is 1. The lowest BCUT2D eigenvalue weighted by Crippen LogP contribution is -2.17. The van der Waals surface area contributed by atoms with E-state index in [1.54, 1.807) is 0 Å². The fourth-order valence-electron chi connectivity index (χ4n) is 2.40. The van der Waals surface area contributed by atoms with Crippen LogP contribution in [0.2, 0.25) is 0 Å². The maximum Gasteiger partial charge on any atom is 0.796 e. The molecule has 0 saturated heterocycles. The average molecular weight is 492 g/mol. The summed E-state index contributed by atoms with van der Waals surface area (Å²) in [5.74, 6) is -2.57. The second-order valence-electron chi connectivity index (χ2n) is 6.23. The molecule has 0 bridgehead atoms. The average Bonchev–Trinajstić information content (AvgIpc) is 2.68. The number of ketones is 1. The summed E-state index contributed by atoms with van der Waals surface area (Å²) in [6.45, 7) is 0. The minimum Gasteiger partial charge on any atom is -0.505 e. The molecule has 0 aliphatic carbocycles. The third-order valence-corrected chi connectivity index (χ3v) is 3.57. The summed E-state index contributed by atoms with van der Waals surface area (Å²) < 4.78 is 111. The Kier molecular flexibility index (Phi) is 8.87. The van der Waals surface area contributed by atoms with Crippen molar-refractivity contribution in [2.45, 2.75) is 12.7 Å². The van der Waals surface area contributed by atoms with Crippen LogP contribution < -0.4 is 9.47 Å². The summed E-state index contributed by atoms with van der Waals surface area (Å²) in [5, 5.41) is 0. The third kappa shape index (κ3) is 10.7. The van der Waals surface area contributed by atoms with Crippen molar-refractivity contribution >= 4 is 25.4 Å². The van der Waals surface area contributed by atoms with Gasteiger partial charge in [-0.2, -0.15) is 0 Å². The minimum atomic E-state index is -4.93. The van der Waals surface area contributed by atoms with Crippen molar-refractivity contribution in [1.29, 1.82) is 0 Å². The smallest absolute Gasteiger partial charge is 0.505 e. The summed E-state index contributed by atoms with van der Waals surface area (Å²) in [6.07, 6.45) is -5.16. The quantitative estimate of drug-likeness (QED) is 0.130. The molecule has 2 rings (SSSR count). The van der Waals surface area contributed by atoms with E-state index in [0.29, 0.717) is 6.08 Å². The molecule has 0 radical (unpaired) electrons. The van der Waals surface area contributed by atoms with E-state index in [9.17, 15) is 39.8 Å². The number of carbonyl (C=O) groups excluding carboxylic acids is 1. The molecule has 13 heteroatoms. The van der Waals surface area contributed by atoms with Crippen molar-refractivity contribution in [3.63, 3.8) is 0 Å². The molecule has 0 heterocycles. The van der Waals surface area contributed by atoms with Crippen molar-refractivity contribution < 1.29 is 53.9 Å². The molecule has 0 fully saturated rings. The van der Waals surface area contributed by atoms with Gasteiger partial charge >= 0.3 is 20.2 Å². The summed E-state index contributed by atoms with van der Waals surface area (Å²) in [5.41, 5.74) is 0.270. The predicted octanol–water partition coefficient (Wildman–Crippen LogP) is 6.60. The number of allylic oxidation sites excluding steroid dienone is 3. The highest BCUT2D eigenvalue weighted by Gasteiger charge is 2.31. The number of rotatable bonds is 9. The molecule has 0 amide bonds. The Morgan fingerprint density at radius 3 is 1.68 bits per heavy atom. The first-order valence-corrected chi connectivity index (χ1v) is 9.07. The molecule has 0 aliphatic rings. The van der Waals surface area contributed by atoms with Gasteiger partial charge in [-0.1, -0.05) is 36.4 Å². The largest absolute Gasteiger partial charge is 0.796 e. The lowest BCUT2D eigenvalue weighted by molar-refractivity contribution is -0.275. The Morgan fingerprint density at radius 1 is 0.765 bits per heavy atom. The van der Waals surface area contributed by atoms with Crippen molar-refractivity contribution in [1.82, 2.24) is 0 Å². The van der Waals surface area contributed by atoms with E-state index in [1.165, 1.54) is 24.3 Å². The van der Waals surface area contributed by atoms with Crippen molar-refractivity contribution in [2.24, 2.45) is 0 Å². The van der Waals surface area contributed by atoms with E-state index in [4.69, 9.17) is 0 Å². The number of benzene rings is 2. The summed E-state index contributed by atoms with van der Waals surface area (Å²) in [4.78, 5) is 12.1. The zero-order valence-electron chi connectivity index (χ0n) is 16.7. The van der Waals surface area contributed by atoms with Crippen LogP contribution in [-0.2, 0) is 9.45 Å². The van der Waals surface area contributed by atoms with Gasteiger partial charge in [0.05, 0.1) is 0 Å². The monoisotopic (exact) mass is 492 g/mol. The van der Waals surface area contributed by atoms with Crippen LogP contribution in [0.4, 0.5) is 35.0 Å². The molecule has 0 saturated carbocycles. The fourth-order valence-corrected chi connectivity index (χ4v) is 2.40. The van der Waals surface area contributed by atoms with Gasteiger partial charge in [-0.25, -0.2) is 8.63 Å². The Hall–Kier alpha value is -3.77. The molecule has 180 valence electrons. The summed E-state index contributed by atoms with van der Waals surface area (Å²) >= 11 is 0. The van der Waals surface area contributed by atoms with Gasteiger partial charge in [0, 0.05) is 6.08 Å². The van der Waals surface area contributed by atoms with Gasteiger partial charge in [0.15, 0.2) is 5.78 Å². The molecule has 0 aromatic heterocycles. The van der Waals surface area contributed by atoms with Gasteiger partial charge < -0.3 is 14.1 Å². The van der Waals surface area contributed by atoms with Crippen LogP contribution >= 0.6 is 0 Å². The first-order valence-electron chi connectivity index (χ1n) is 9.07. The van der Waals surface area contributed by atoms with E-state index in [1.807, 2.05) is 0 Å². The molecule has 2 aromatic rings. The first-order chi connectivity index (χ1) is 15.8. The SMILES string of the molecule is O=C(/C=C(/C=C/c1cccc(OC(F)(F)F)c1)OB(F)F)/C=C/c1cccc(OC(F)(F)F)c1. The number of hydrogen-bond acceptors (Lipinski definition) is 4. The molecule has 0 spiro atoms. The standard InChI is InChI=1S/C21H13BF8O4/c23-20(24,25)32-17-5-1-3-14(11-17)7-9-16(31)13-19(34-22(29)30)10-8-15-4-2-6-18(12-15)33-21(26,27)28/h1-13H/b9-7+,10-8+,19-13-. The predicted molar refractivity (Wildman–Crippen MR) is 106 cm³/mol. The maximum absolute atomic E-state index is 12.7. The molecule has 0 aliphatic heterocycles. The molecule has 0 unspecified atom stereocenters. The first kappa shape index (κ1) is 26.5. The van der Waals surface area contributed by atoms with Gasteiger partial charge in [-0.05, 0) is 47.5 Å². The van der Waals surface area contributed by atoms with Gasteiger partial charge in [0.1, 0.15) is 17.3 Å². The molecular weight excluding hydrogens is 479 g/mol. The minimum absolute atomic E-state index is 0.120. The highest BCUT2D eigenvalue weighted by Crippen LogP contribution is 2.25. The van der Waals surface area contributed by atoms with Crippen LogP contribution in [0.1, 0.15) is 11.1 Å². The summed E-state index contributed by atoms with van der Waals surface area (Å²) in [7, 11) is -3.32. The Labute approximate surface area is 187 Å². The van der Waals surface area contributed by atoms with Crippen LogP contribution in [0.3, 0.4) is 0 Å². The number of alkyl halides is 6. The molecule has 34 heavy (non-hydrogen) atoms. The van der Waals surface area contributed by atoms with Gasteiger partial charge in [0.2, 0.25) is 0 Å². The van der Waals surface area contributed by atoms with Crippen LogP contribution in [0.5, 0.6) is 11.5 Å². The second kappa shape index (κ2) is 11.4. The van der Waals surface area contributed by atoms with Gasteiger partial charge in [-0.3, -0.25) is 4.79 Å². The number of ether oxygens (including phenoxy) is 2. The van der Waals surface area contributed by atoms with Crippen LogP contribution in [0.15, 0.2) is 72.5 Å². The summed E-state index contributed by atoms with van der Waals surface area (Å²) in [6, 6.07) is 9.21. The maximum atomic E-state index is 12.7. The highest BCUT2D eigenvalue weighted by molar-refractivity contribution is 6.35. The normalized spacial score (nSPS) is 12.8. The lowest BCUT2D eigenvalue weighted by atomic mass is 10.1. The second-order valence-corrected chi connectivity index (χ2v) is 6.23. The van der Waals surface area contributed by atoms with Crippen molar-refractivity contribution in [3.05, 3.63) is 83.6 Å². The van der Waals surface area contributed by atoms with E-state index in [2.05, 4.69) is 14.1 Å². The fraction of sp³-hybridized carbons (Fsp3) is 0.0952.